The smallest absolute Gasteiger partial charge is 0.334 e. The van der Waals surface area contributed by atoms with Crippen molar-refractivity contribution in [1.29, 1.82) is 0 Å². The molecule has 0 radical (unpaired) electrons. The van der Waals surface area contributed by atoms with E-state index in [1.54, 1.807) is 0 Å². The topological polar surface area (TPSA) is 40.2 Å². The molecule has 0 spiro atoms. The van der Waals surface area contributed by atoms with Gasteiger partial charge in [-0.1, -0.05) is 34.6 Å². The first-order chi connectivity index (χ1) is 14.4. The van der Waals surface area contributed by atoms with Gasteiger partial charge in [0.1, 0.15) is 0 Å². The summed E-state index contributed by atoms with van der Waals surface area (Å²) in [6.45, 7) is 22.2. The normalized spacial score (nSPS) is 12.8. The largest absolute Gasteiger partial charge is 0.394 e. The molecular weight excluding hydrogens is 410 g/mol. The highest BCUT2D eigenvalue weighted by molar-refractivity contribution is 6.66. The zero-order chi connectivity index (χ0) is 22.7. The molecule has 5 nitrogen and oxygen atoms in total. The Morgan fingerprint density at radius 1 is 0.500 bits per heavy atom. The number of hydrogen-bond acceptors (Lipinski definition) is 5. The summed E-state index contributed by atoms with van der Waals surface area (Å²) in [6, 6.07) is 2.16. The maximum atomic E-state index is 6.19. The molecule has 0 atom stereocenters. The van der Waals surface area contributed by atoms with Crippen LogP contribution < -0.4 is 0 Å². The number of nitrogens with zero attached hydrogens (tertiary/aromatic N) is 1. The van der Waals surface area contributed by atoms with Crippen molar-refractivity contribution in [3.63, 3.8) is 0 Å². The first kappa shape index (κ1) is 30.2. The van der Waals surface area contributed by atoms with Gasteiger partial charge in [-0.3, -0.25) is 0 Å². The Labute approximate surface area is 190 Å². The Morgan fingerprint density at radius 2 is 0.833 bits per heavy atom. The lowest BCUT2D eigenvalue weighted by Gasteiger charge is -2.30. The molecule has 0 heterocycles. The van der Waals surface area contributed by atoms with E-state index in [2.05, 4.69) is 52.6 Å². The van der Waals surface area contributed by atoms with Crippen molar-refractivity contribution in [2.75, 3.05) is 46.1 Å². The minimum Gasteiger partial charge on any atom is -0.394 e. The lowest BCUT2D eigenvalue weighted by Crippen LogP contribution is -2.41. The predicted molar refractivity (Wildman–Crippen MR) is 134 cm³/mol. The molecule has 30 heavy (non-hydrogen) atoms. The summed E-state index contributed by atoms with van der Waals surface area (Å²) < 4.78 is 24.8. The molecule has 0 saturated carbocycles. The van der Waals surface area contributed by atoms with Crippen LogP contribution in [0.5, 0.6) is 0 Å². The van der Waals surface area contributed by atoms with Crippen LogP contribution in [0.25, 0.3) is 0 Å². The van der Waals surface area contributed by atoms with Crippen LogP contribution in [-0.4, -0.2) is 68.1 Å². The van der Waals surface area contributed by atoms with Crippen molar-refractivity contribution >= 4 is 17.1 Å². The third-order valence-electron chi connectivity index (χ3n) is 5.20. The first-order valence-electron chi connectivity index (χ1n) is 12.7. The molecule has 0 N–H and O–H groups in total. The van der Waals surface area contributed by atoms with Gasteiger partial charge in [0.15, 0.2) is 0 Å². The Balaban J connectivity index is 4.55. The van der Waals surface area contributed by atoms with E-state index in [1.807, 2.05) is 0 Å². The molecule has 0 aromatic heterocycles. The van der Waals surface area contributed by atoms with E-state index < -0.39 is 17.1 Å². The summed E-state index contributed by atoms with van der Waals surface area (Å²) in [5.74, 6) is 0. The molecule has 0 bridgehead atoms. The van der Waals surface area contributed by atoms with Gasteiger partial charge in [-0.15, -0.1) is 0 Å². The molecule has 0 amide bonds. The van der Waals surface area contributed by atoms with Gasteiger partial charge in [-0.25, -0.2) is 0 Å². The van der Waals surface area contributed by atoms with Gasteiger partial charge in [-0.05, 0) is 89.8 Å². The Morgan fingerprint density at radius 3 is 1.10 bits per heavy atom. The lowest BCUT2D eigenvalue weighted by atomic mass is 10.3. The van der Waals surface area contributed by atoms with Crippen molar-refractivity contribution in [3.8, 4) is 0 Å². The van der Waals surface area contributed by atoms with Crippen LogP contribution in [0.1, 0.15) is 79.6 Å². The molecular formula is C23H53NO4Si2. The summed E-state index contributed by atoms with van der Waals surface area (Å²) in [4.78, 5) is 2.61. The minimum atomic E-state index is -2.03. The van der Waals surface area contributed by atoms with Crippen molar-refractivity contribution in [1.82, 2.24) is 4.90 Å². The molecule has 0 aromatic carbocycles. The fourth-order valence-corrected chi connectivity index (χ4v) is 8.43. The fourth-order valence-electron chi connectivity index (χ4n) is 3.54. The molecule has 0 fully saturated rings. The number of rotatable bonds is 22. The van der Waals surface area contributed by atoms with Crippen LogP contribution in [0.3, 0.4) is 0 Å². The Hall–Kier alpha value is 0.234. The van der Waals surface area contributed by atoms with Gasteiger partial charge < -0.3 is 22.6 Å². The van der Waals surface area contributed by atoms with E-state index in [0.717, 1.165) is 96.7 Å². The molecule has 0 aliphatic carbocycles. The summed E-state index contributed by atoms with van der Waals surface area (Å²) in [5.41, 5.74) is 0. The van der Waals surface area contributed by atoms with Gasteiger partial charge in [0.25, 0.3) is 0 Å². The molecule has 0 aliphatic heterocycles. The molecule has 7 heteroatoms. The van der Waals surface area contributed by atoms with E-state index in [1.165, 1.54) is 6.42 Å². The SMILES string of the molecule is CCCO[Si](C)(CCCN(CCC)CCC[Si](C)(OCCC)OCCC)OCCC. The second-order valence-corrected chi connectivity index (χ2v) is 15.4. The highest BCUT2D eigenvalue weighted by Gasteiger charge is 2.32. The van der Waals surface area contributed by atoms with Gasteiger partial charge in [0.05, 0.1) is 0 Å². The standard InChI is InChI=1S/C23H53NO4Si2/c1-8-15-24(16-13-22-29(6,25-18-9-2)26-19-10-3)17-14-23-30(7,27-20-11-4)28-21-12-5/h8-23H2,1-7H3. The van der Waals surface area contributed by atoms with Crippen LogP contribution in [-0.2, 0) is 17.7 Å². The van der Waals surface area contributed by atoms with E-state index >= 15 is 0 Å². The minimum absolute atomic E-state index is 0.823. The van der Waals surface area contributed by atoms with Crippen LogP contribution in [0, 0.1) is 0 Å². The average Bonchev–Trinajstić information content (AvgIpc) is 2.73. The highest BCUT2D eigenvalue weighted by Crippen LogP contribution is 2.20. The predicted octanol–water partition coefficient (Wildman–Crippen LogP) is 6.33. The van der Waals surface area contributed by atoms with Crippen LogP contribution in [0.4, 0.5) is 0 Å². The molecule has 0 rings (SSSR count). The molecule has 0 saturated heterocycles. The fraction of sp³-hybridized carbons (Fsp3) is 1.00. The van der Waals surface area contributed by atoms with Crippen LogP contribution in [0.2, 0.25) is 25.2 Å². The van der Waals surface area contributed by atoms with Crippen LogP contribution >= 0.6 is 0 Å². The molecule has 0 aromatic rings. The summed E-state index contributed by atoms with van der Waals surface area (Å²) >= 11 is 0. The van der Waals surface area contributed by atoms with Crippen LogP contribution in [0.15, 0.2) is 0 Å². The highest BCUT2D eigenvalue weighted by atomic mass is 28.4. The van der Waals surface area contributed by atoms with E-state index in [9.17, 15) is 0 Å². The summed E-state index contributed by atoms with van der Waals surface area (Å²) in [5, 5.41) is 0. The van der Waals surface area contributed by atoms with E-state index in [-0.39, 0.29) is 0 Å². The zero-order valence-corrected chi connectivity index (χ0v) is 23.4. The maximum absolute atomic E-state index is 6.19. The van der Waals surface area contributed by atoms with Gasteiger partial charge in [-0.2, -0.15) is 0 Å². The van der Waals surface area contributed by atoms with Gasteiger partial charge in [0, 0.05) is 26.4 Å². The average molecular weight is 464 g/mol. The van der Waals surface area contributed by atoms with Crippen molar-refractivity contribution in [3.05, 3.63) is 0 Å². The van der Waals surface area contributed by atoms with Gasteiger partial charge >= 0.3 is 17.1 Å². The summed E-state index contributed by atoms with van der Waals surface area (Å²) in [7, 11) is -4.06. The first-order valence-corrected chi connectivity index (χ1v) is 17.7. The van der Waals surface area contributed by atoms with Crippen molar-refractivity contribution in [2.45, 2.75) is 105 Å². The van der Waals surface area contributed by atoms with Crippen molar-refractivity contribution in [2.24, 2.45) is 0 Å². The third-order valence-corrected chi connectivity index (χ3v) is 11.0. The maximum Gasteiger partial charge on any atom is 0.334 e. The van der Waals surface area contributed by atoms with Crippen molar-refractivity contribution < 1.29 is 17.7 Å². The van der Waals surface area contributed by atoms with Gasteiger partial charge in [0.2, 0.25) is 0 Å². The third kappa shape index (κ3) is 15.1. The monoisotopic (exact) mass is 463 g/mol. The molecule has 0 unspecified atom stereocenters. The second-order valence-electron chi connectivity index (χ2n) is 8.71. The second kappa shape index (κ2) is 18.8. The lowest BCUT2D eigenvalue weighted by molar-refractivity contribution is 0.168. The van der Waals surface area contributed by atoms with E-state index in [0.29, 0.717) is 0 Å². The Bertz CT molecular complexity index is 340. The zero-order valence-electron chi connectivity index (χ0n) is 21.4. The summed E-state index contributed by atoms with van der Waals surface area (Å²) in [6.07, 6.45) is 7.74. The number of hydrogen-bond donors (Lipinski definition) is 0. The molecule has 0 aliphatic rings. The Kier molecular flexibility index (Phi) is 18.9. The molecule has 182 valence electrons. The quantitative estimate of drug-likeness (QED) is 0.175. The van der Waals surface area contributed by atoms with E-state index in [4.69, 9.17) is 17.7 Å².